The van der Waals surface area contributed by atoms with E-state index >= 15 is 0 Å². The second-order valence-electron chi connectivity index (χ2n) is 7.76. The van der Waals surface area contributed by atoms with Crippen molar-refractivity contribution in [3.63, 3.8) is 0 Å². The van der Waals surface area contributed by atoms with Crippen molar-refractivity contribution < 1.29 is 22.4 Å². The summed E-state index contributed by atoms with van der Waals surface area (Å²) in [6.07, 6.45) is 0.232. The number of sulfone groups is 1. The zero-order valence-corrected chi connectivity index (χ0v) is 18.4. The molecule has 1 unspecified atom stereocenters. The van der Waals surface area contributed by atoms with Gasteiger partial charge in [-0.15, -0.1) is 5.10 Å². The van der Waals surface area contributed by atoms with E-state index in [2.05, 4.69) is 15.5 Å². The highest BCUT2D eigenvalue weighted by Gasteiger charge is 2.35. The number of para-hydroxylation sites is 1. The topological polar surface area (TPSA) is 122 Å². The van der Waals surface area contributed by atoms with Gasteiger partial charge in [-0.3, -0.25) is 14.9 Å². The first-order valence-corrected chi connectivity index (χ1v) is 11.6. The lowest BCUT2D eigenvalue weighted by Gasteiger charge is -2.15. The fraction of sp³-hybridized carbons (Fsp3) is 0.273. The van der Waals surface area contributed by atoms with Crippen LogP contribution in [-0.2, 0) is 14.6 Å². The minimum absolute atomic E-state index is 0.0403. The Hall–Kier alpha value is -3.53. The number of hydrogen-bond donors (Lipinski definition) is 1. The summed E-state index contributed by atoms with van der Waals surface area (Å²) in [5.74, 6) is -0.560. The predicted molar refractivity (Wildman–Crippen MR) is 117 cm³/mol. The van der Waals surface area contributed by atoms with Crippen LogP contribution >= 0.6 is 0 Å². The first-order chi connectivity index (χ1) is 15.3. The Kier molecular flexibility index (Phi) is 5.79. The monoisotopic (exact) mass is 454 g/mol. The van der Waals surface area contributed by atoms with Gasteiger partial charge in [0.05, 0.1) is 16.1 Å². The molecule has 32 heavy (non-hydrogen) atoms. The van der Waals surface area contributed by atoms with E-state index in [1.807, 2.05) is 30.3 Å². The molecule has 166 valence electrons. The molecular weight excluding hydrogens is 432 g/mol. The third-order valence-electron chi connectivity index (χ3n) is 5.27. The standard InChI is InChI=1S/C22H22N4O5S/c1-14(2)32(29,30)18-10-8-15(9-11-18)20(28)23-22-25-24-21(31-22)16-12-19(27)26(13-16)17-6-4-3-5-7-17/h3-11,14,16H,12-13H2,1-2H3,(H,23,25,28). The molecule has 10 heteroatoms. The zero-order valence-electron chi connectivity index (χ0n) is 17.6. The Balaban J connectivity index is 1.42. The fourth-order valence-corrected chi connectivity index (χ4v) is 4.48. The second-order valence-corrected chi connectivity index (χ2v) is 10.3. The van der Waals surface area contributed by atoms with Gasteiger partial charge in [-0.2, -0.15) is 0 Å². The highest BCUT2D eigenvalue weighted by molar-refractivity contribution is 7.92. The third-order valence-corrected chi connectivity index (χ3v) is 7.44. The lowest BCUT2D eigenvalue weighted by Crippen LogP contribution is -2.24. The van der Waals surface area contributed by atoms with E-state index in [9.17, 15) is 18.0 Å². The van der Waals surface area contributed by atoms with Crippen LogP contribution in [0.3, 0.4) is 0 Å². The molecule has 4 rings (SSSR count). The third kappa shape index (κ3) is 4.26. The molecule has 0 aliphatic carbocycles. The maximum Gasteiger partial charge on any atom is 0.322 e. The number of nitrogens with one attached hydrogen (secondary N) is 1. The highest BCUT2D eigenvalue weighted by Crippen LogP contribution is 2.31. The number of carbonyl (C=O) groups excluding carboxylic acids is 2. The first kappa shape index (κ1) is 21.7. The van der Waals surface area contributed by atoms with E-state index in [1.54, 1.807) is 18.7 Å². The molecule has 0 radical (unpaired) electrons. The van der Waals surface area contributed by atoms with Gasteiger partial charge in [-0.1, -0.05) is 23.3 Å². The van der Waals surface area contributed by atoms with Crippen LogP contribution in [-0.4, -0.2) is 42.2 Å². The molecule has 2 heterocycles. The van der Waals surface area contributed by atoms with Gasteiger partial charge in [0.1, 0.15) is 0 Å². The normalized spacial score (nSPS) is 16.5. The lowest BCUT2D eigenvalue weighted by atomic mass is 10.1. The number of aromatic nitrogens is 2. The van der Waals surface area contributed by atoms with Gasteiger partial charge in [0.2, 0.25) is 11.8 Å². The number of anilines is 2. The maximum atomic E-state index is 12.5. The molecule has 0 bridgehead atoms. The van der Waals surface area contributed by atoms with E-state index < -0.39 is 21.0 Å². The van der Waals surface area contributed by atoms with Crippen LogP contribution in [0.2, 0.25) is 0 Å². The molecule has 9 nitrogen and oxygen atoms in total. The summed E-state index contributed by atoms with van der Waals surface area (Å²) in [5, 5.41) is 9.79. The van der Waals surface area contributed by atoms with Crippen LogP contribution in [0.15, 0.2) is 63.9 Å². The van der Waals surface area contributed by atoms with E-state index in [-0.39, 0.29) is 40.6 Å². The highest BCUT2D eigenvalue weighted by atomic mass is 32.2. The quantitative estimate of drug-likeness (QED) is 0.607. The van der Waals surface area contributed by atoms with E-state index in [0.717, 1.165) is 5.69 Å². The molecule has 3 aromatic rings. The van der Waals surface area contributed by atoms with Crippen LogP contribution in [0.4, 0.5) is 11.7 Å². The molecule has 1 aliphatic heterocycles. The summed E-state index contributed by atoms with van der Waals surface area (Å²) in [4.78, 5) is 26.7. The first-order valence-electron chi connectivity index (χ1n) is 10.1. The van der Waals surface area contributed by atoms with Crippen LogP contribution in [0, 0.1) is 0 Å². The van der Waals surface area contributed by atoms with Crippen molar-refractivity contribution in [3.05, 3.63) is 66.1 Å². The Labute approximate surface area is 185 Å². The molecule has 1 saturated heterocycles. The van der Waals surface area contributed by atoms with Gasteiger partial charge >= 0.3 is 6.01 Å². The average Bonchev–Trinajstić information content (AvgIpc) is 3.40. The summed E-state index contributed by atoms with van der Waals surface area (Å²) in [7, 11) is -3.42. The molecule has 1 N–H and O–H groups in total. The Bertz CT molecular complexity index is 1240. The fourth-order valence-electron chi connectivity index (χ4n) is 3.42. The summed E-state index contributed by atoms with van der Waals surface area (Å²) in [6.45, 7) is 3.60. The zero-order chi connectivity index (χ0) is 22.9. The summed E-state index contributed by atoms with van der Waals surface area (Å²) >= 11 is 0. The van der Waals surface area contributed by atoms with Crippen LogP contribution < -0.4 is 10.2 Å². The van der Waals surface area contributed by atoms with Gasteiger partial charge in [-0.05, 0) is 50.2 Å². The smallest absolute Gasteiger partial charge is 0.322 e. The molecule has 1 aromatic heterocycles. The molecule has 1 aliphatic rings. The van der Waals surface area contributed by atoms with E-state index in [4.69, 9.17) is 4.42 Å². The van der Waals surface area contributed by atoms with Crippen LogP contribution in [0.5, 0.6) is 0 Å². The number of amides is 2. The predicted octanol–water partition coefficient (Wildman–Crippen LogP) is 3.02. The van der Waals surface area contributed by atoms with Crippen molar-refractivity contribution >= 4 is 33.4 Å². The number of benzene rings is 2. The summed E-state index contributed by atoms with van der Waals surface area (Å²) in [5.41, 5.74) is 1.05. The van der Waals surface area contributed by atoms with Gasteiger partial charge < -0.3 is 9.32 Å². The summed E-state index contributed by atoms with van der Waals surface area (Å²) < 4.78 is 30.0. The minimum Gasteiger partial charge on any atom is -0.407 e. The molecule has 2 aromatic carbocycles. The van der Waals surface area contributed by atoms with Crippen molar-refractivity contribution in [2.24, 2.45) is 0 Å². The van der Waals surface area contributed by atoms with Crippen LogP contribution in [0.25, 0.3) is 0 Å². The van der Waals surface area contributed by atoms with E-state index in [1.165, 1.54) is 24.3 Å². The van der Waals surface area contributed by atoms with Crippen molar-refractivity contribution in [2.45, 2.75) is 36.3 Å². The van der Waals surface area contributed by atoms with Crippen molar-refractivity contribution in [3.8, 4) is 0 Å². The molecular formula is C22H22N4O5S. The van der Waals surface area contributed by atoms with Crippen LogP contribution in [0.1, 0.15) is 42.4 Å². The molecule has 0 saturated carbocycles. The Morgan fingerprint density at radius 3 is 2.44 bits per heavy atom. The Morgan fingerprint density at radius 2 is 1.78 bits per heavy atom. The maximum absolute atomic E-state index is 12.5. The lowest BCUT2D eigenvalue weighted by molar-refractivity contribution is -0.117. The van der Waals surface area contributed by atoms with Gasteiger partial charge in [0.25, 0.3) is 5.91 Å². The van der Waals surface area contributed by atoms with Crippen molar-refractivity contribution in [1.82, 2.24) is 10.2 Å². The molecule has 1 atom stereocenters. The largest absolute Gasteiger partial charge is 0.407 e. The number of hydrogen-bond acceptors (Lipinski definition) is 7. The molecule has 1 fully saturated rings. The second kappa shape index (κ2) is 8.54. The Morgan fingerprint density at radius 1 is 1.09 bits per heavy atom. The molecule has 2 amide bonds. The minimum atomic E-state index is -3.42. The van der Waals surface area contributed by atoms with Crippen molar-refractivity contribution in [2.75, 3.05) is 16.8 Å². The van der Waals surface area contributed by atoms with Gasteiger partial charge in [0, 0.05) is 24.2 Å². The van der Waals surface area contributed by atoms with Gasteiger partial charge in [0.15, 0.2) is 9.84 Å². The summed E-state index contributed by atoms with van der Waals surface area (Å²) in [6, 6.07) is 14.9. The van der Waals surface area contributed by atoms with Crippen molar-refractivity contribution in [1.29, 1.82) is 0 Å². The SMILES string of the molecule is CC(C)S(=O)(=O)c1ccc(C(=O)Nc2nnc(C3CC(=O)N(c4ccccc4)C3)o2)cc1. The number of nitrogens with zero attached hydrogens (tertiary/aromatic N) is 3. The van der Waals surface area contributed by atoms with E-state index in [0.29, 0.717) is 6.54 Å². The number of carbonyl (C=O) groups is 2. The number of rotatable bonds is 6. The average molecular weight is 455 g/mol. The van der Waals surface area contributed by atoms with Gasteiger partial charge in [-0.25, -0.2) is 8.42 Å². The molecule has 0 spiro atoms.